The molecule has 2 rings (SSSR count). The number of carbonyl (C=O) groups is 4. The molecule has 0 saturated heterocycles. The number of aliphatic carboxylic acids is 1. The van der Waals surface area contributed by atoms with Crippen molar-refractivity contribution in [2.24, 2.45) is 17.4 Å². The highest BCUT2D eigenvalue weighted by Gasteiger charge is 2.31. The van der Waals surface area contributed by atoms with Crippen molar-refractivity contribution < 1.29 is 24.3 Å². The van der Waals surface area contributed by atoms with Gasteiger partial charge in [-0.15, -0.1) is 0 Å². The Kier molecular flexibility index (Phi) is 13.8. The number of carboxylic acid groups (broad SMARTS) is 1. The van der Waals surface area contributed by atoms with E-state index in [1.165, 1.54) is 0 Å². The van der Waals surface area contributed by atoms with Gasteiger partial charge in [-0.1, -0.05) is 74.5 Å². The average molecular weight is 554 g/mol. The molecule has 0 aromatic heterocycles. The van der Waals surface area contributed by atoms with Crippen LogP contribution in [0.4, 0.5) is 0 Å². The van der Waals surface area contributed by atoms with Gasteiger partial charge < -0.3 is 32.5 Å². The maximum Gasteiger partial charge on any atom is 0.326 e. The van der Waals surface area contributed by atoms with Gasteiger partial charge in [-0.3, -0.25) is 14.4 Å². The molecule has 218 valence electrons. The summed E-state index contributed by atoms with van der Waals surface area (Å²) >= 11 is 0. The summed E-state index contributed by atoms with van der Waals surface area (Å²) in [6, 6.07) is 14.6. The summed E-state index contributed by atoms with van der Waals surface area (Å²) in [6.45, 7) is 4.22. The molecule has 10 heteroatoms. The number of nitrogens with one attached hydrogen (secondary N) is 3. The van der Waals surface area contributed by atoms with Crippen LogP contribution < -0.4 is 27.4 Å². The molecule has 0 radical (unpaired) electrons. The first-order valence-corrected chi connectivity index (χ1v) is 13.8. The van der Waals surface area contributed by atoms with Crippen molar-refractivity contribution in [1.29, 1.82) is 0 Å². The molecule has 4 unspecified atom stereocenters. The van der Waals surface area contributed by atoms with E-state index in [0.717, 1.165) is 11.1 Å². The van der Waals surface area contributed by atoms with Gasteiger partial charge in [0.25, 0.3) is 0 Å². The highest BCUT2D eigenvalue weighted by Crippen LogP contribution is 2.10. The molecule has 0 fully saturated rings. The monoisotopic (exact) mass is 553 g/mol. The van der Waals surface area contributed by atoms with E-state index in [2.05, 4.69) is 16.0 Å². The lowest BCUT2D eigenvalue weighted by Crippen LogP contribution is -2.58. The van der Waals surface area contributed by atoms with Crippen LogP contribution in [0.3, 0.4) is 0 Å². The predicted molar refractivity (Wildman–Crippen MR) is 154 cm³/mol. The highest BCUT2D eigenvalue weighted by atomic mass is 16.4. The fourth-order valence-corrected chi connectivity index (χ4v) is 4.30. The molecule has 0 aliphatic heterocycles. The molecule has 10 nitrogen and oxygen atoms in total. The summed E-state index contributed by atoms with van der Waals surface area (Å²) in [5.74, 6) is -2.76. The summed E-state index contributed by atoms with van der Waals surface area (Å²) in [5, 5.41) is 17.7. The largest absolute Gasteiger partial charge is 0.480 e. The van der Waals surface area contributed by atoms with Gasteiger partial charge in [0.15, 0.2) is 0 Å². The zero-order chi connectivity index (χ0) is 29.5. The van der Waals surface area contributed by atoms with Crippen LogP contribution >= 0.6 is 0 Å². The predicted octanol–water partition coefficient (Wildman–Crippen LogP) is 1.51. The second kappa shape index (κ2) is 17.0. The Balaban J connectivity index is 2.18. The zero-order valence-electron chi connectivity index (χ0n) is 23.3. The van der Waals surface area contributed by atoms with Crippen molar-refractivity contribution in [3.05, 3.63) is 71.8 Å². The summed E-state index contributed by atoms with van der Waals surface area (Å²) < 4.78 is 0. The Hall–Kier alpha value is -3.76. The number of hydrogen-bond acceptors (Lipinski definition) is 6. The second-order valence-corrected chi connectivity index (χ2v) is 10.4. The number of unbranched alkanes of at least 4 members (excludes halogenated alkanes) is 1. The summed E-state index contributed by atoms with van der Waals surface area (Å²) in [4.78, 5) is 51.4. The van der Waals surface area contributed by atoms with Gasteiger partial charge in [-0.2, -0.15) is 0 Å². The smallest absolute Gasteiger partial charge is 0.326 e. The van der Waals surface area contributed by atoms with Gasteiger partial charge in [-0.25, -0.2) is 4.79 Å². The molecule has 2 aromatic rings. The number of carbonyl (C=O) groups excluding carboxylic acids is 3. The number of amides is 3. The van der Waals surface area contributed by atoms with E-state index < -0.39 is 47.9 Å². The molecule has 0 bridgehead atoms. The number of hydrogen-bond donors (Lipinski definition) is 6. The van der Waals surface area contributed by atoms with Crippen LogP contribution in [0.2, 0.25) is 0 Å². The third-order valence-corrected chi connectivity index (χ3v) is 6.45. The lowest BCUT2D eigenvalue weighted by Gasteiger charge is -2.26. The Morgan fingerprint density at radius 2 is 1.23 bits per heavy atom. The van der Waals surface area contributed by atoms with Gasteiger partial charge in [0.05, 0.1) is 6.04 Å². The van der Waals surface area contributed by atoms with Crippen molar-refractivity contribution in [2.45, 2.75) is 76.5 Å². The molecule has 0 aliphatic rings. The van der Waals surface area contributed by atoms with Gasteiger partial charge in [0.1, 0.15) is 18.1 Å². The summed E-state index contributed by atoms with van der Waals surface area (Å²) in [5.41, 5.74) is 13.4. The first-order chi connectivity index (χ1) is 19.1. The fraction of sp³-hybridized carbons (Fsp3) is 0.467. The first kappa shape index (κ1) is 32.5. The van der Waals surface area contributed by atoms with Gasteiger partial charge in [-0.05, 0) is 55.7 Å². The Morgan fingerprint density at radius 1 is 0.725 bits per heavy atom. The molecule has 2 aromatic carbocycles. The van der Waals surface area contributed by atoms with E-state index >= 15 is 0 Å². The fourth-order valence-electron chi connectivity index (χ4n) is 4.30. The van der Waals surface area contributed by atoms with Crippen molar-refractivity contribution in [2.75, 3.05) is 6.54 Å². The number of rotatable bonds is 17. The summed E-state index contributed by atoms with van der Waals surface area (Å²) in [7, 11) is 0. The van der Waals surface area contributed by atoms with Crippen molar-refractivity contribution >= 4 is 23.7 Å². The average Bonchev–Trinajstić information content (AvgIpc) is 2.92. The number of benzene rings is 2. The second-order valence-electron chi connectivity index (χ2n) is 10.4. The normalized spacial score (nSPS) is 14.0. The van der Waals surface area contributed by atoms with E-state index in [4.69, 9.17) is 11.5 Å². The molecule has 0 saturated carbocycles. The van der Waals surface area contributed by atoms with E-state index in [0.29, 0.717) is 25.8 Å². The van der Waals surface area contributed by atoms with Crippen molar-refractivity contribution in [3.8, 4) is 0 Å². The van der Waals surface area contributed by atoms with Crippen molar-refractivity contribution in [1.82, 2.24) is 16.0 Å². The topological polar surface area (TPSA) is 177 Å². The molecule has 8 N–H and O–H groups in total. The third-order valence-electron chi connectivity index (χ3n) is 6.45. The molecule has 4 atom stereocenters. The zero-order valence-corrected chi connectivity index (χ0v) is 23.3. The summed E-state index contributed by atoms with van der Waals surface area (Å²) in [6.07, 6.45) is 2.18. The van der Waals surface area contributed by atoms with Crippen LogP contribution in [0.1, 0.15) is 50.7 Å². The number of carboxylic acids is 1. The van der Waals surface area contributed by atoms with E-state index in [1.807, 2.05) is 74.5 Å². The van der Waals surface area contributed by atoms with Crippen LogP contribution in [-0.4, -0.2) is 59.5 Å². The van der Waals surface area contributed by atoms with Crippen LogP contribution in [0, 0.1) is 5.92 Å². The Labute approximate surface area is 236 Å². The molecule has 0 spiro atoms. The molecule has 3 amide bonds. The minimum atomic E-state index is -1.15. The van der Waals surface area contributed by atoms with E-state index in [-0.39, 0.29) is 25.2 Å². The van der Waals surface area contributed by atoms with Gasteiger partial charge >= 0.3 is 5.97 Å². The molecule has 0 heterocycles. The van der Waals surface area contributed by atoms with Crippen LogP contribution in [0.15, 0.2) is 60.7 Å². The Bertz CT molecular complexity index is 1080. The quantitative estimate of drug-likeness (QED) is 0.161. The highest BCUT2D eigenvalue weighted by molar-refractivity contribution is 5.94. The SMILES string of the molecule is CC(C)CC(NC(=O)C(Cc1ccccc1)NC(=O)C(N)Cc1ccccc1)C(=O)NC(CCCCN)C(=O)O. The van der Waals surface area contributed by atoms with E-state index in [1.54, 1.807) is 0 Å². The molecular formula is C30H43N5O5. The minimum absolute atomic E-state index is 0.0260. The number of nitrogens with two attached hydrogens (primary N) is 2. The lowest BCUT2D eigenvalue weighted by molar-refractivity contribution is -0.142. The maximum atomic E-state index is 13.5. The van der Waals surface area contributed by atoms with Gasteiger partial charge in [0, 0.05) is 6.42 Å². The van der Waals surface area contributed by atoms with Crippen molar-refractivity contribution in [3.63, 3.8) is 0 Å². The molecule has 40 heavy (non-hydrogen) atoms. The van der Waals surface area contributed by atoms with Gasteiger partial charge in [0.2, 0.25) is 17.7 Å². The minimum Gasteiger partial charge on any atom is -0.480 e. The Morgan fingerprint density at radius 3 is 1.75 bits per heavy atom. The standard InChI is InChI=1S/C30H43N5O5/c1-20(2)17-25(28(37)33-24(30(39)40)15-9-10-16-31)35-29(38)26(19-22-13-7-4-8-14-22)34-27(36)23(32)18-21-11-5-3-6-12-21/h3-8,11-14,20,23-26H,9-10,15-19,31-32H2,1-2H3,(H,33,37)(H,34,36)(H,35,38)(H,39,40). The van der Waals surface area contributed by atoms with Crippen LogP contribution in [-0.2, 0) is 32.0 Å². The third kappa shape index (κ3) is 11.5. The van der Waals surface area contributed by atoms with Crippen LogP contribution in [0.25, 0.3) is 0 Å². The maximum absolute atomic E-state index is 13.5. The molecular weight excluding hydrogens is 510 g/mol. The van der Waals surface area contributed by atoms with Crippen LogP contribution in [0.5, 0.6) is 0 Å². The first-order valence-electron chi connectivity index (χ1n) is 13.8. The molecule has 0 aliphatic carbocycles. The van der Waals surface area contributed by atoms with E-state index in [9.17, 15) is 24.3 Å². The lowest BCUT2D eigenvalue weighted by atomic mass is 10.00.